The van der Waals surface area contributed by atoms with Crippen molar-refractivity contribution in [2.24, 2.45) is 0 Å². The molecule has 0 fully saturated rings. The molecule has 0 aliphatic rings. The topological polar surface area (TPSA) is 78.9 Å². The van der Waals surface area contributed by atoms with Crippen LogP contribution in [0.25, 0.3) is 0 Å². The van der Waals surface area contributed by atoms with Crippen LogP contribution >= 0.6 is 0 Å². The summed E-state index contributed by atoms with van der Waals surface area (Å²) in [6, 6.07) is 0. The molecule has 0 aliphatic heterocycles. The molecule has 440 valence electrons. The zero-order chi connectivity index (χ0) is 54.3. The third kappa shape index (κ3) is 62.4. The number of hydrogen-bond acceptors (Lipinski definition) is 6. The average molecular weight is 1050 g/mol. The summed E-state index contributed by atoms with van der Waals surface area (Å²) < 4.78 is 17.0. The highest BCUT2D eigenvalue weighted by molar-refractivity contribution is 5.71. The lowest BCUT2D eigenvalue weighted by molar-refractivity contribution is -0.167. The molecule has 6 heteroatoms. The minimum absolute atomic E-state index is 0.0735. The van der Waals surface area contributed by atoms with Crippen molar-refractivity contribution in [2.75, 3.05) is 13.2 Å². The molecule has 0 bridgehead atoms. The molecule has 6 nitrogen and oxygen atoms in total. The highest BCUT2D eigenvalue weighted by Crippen LogP contribution is 2.18. The molecule has 0 aliphatic carbocycles. The van der Waals surface area contributed by atoms with E-state index in [1.165, 1.54) is 250 Å². The minimum Gasteiger partial charge on any atom is -0.462 e. The van der Waals surface area contributed by atoms with Crippen LogP contribution < -0.4 is 0 Å². The van der Waals surface area contributed by atoms with Gasteiger partial charge in [0.15, 0.2) is 6.10 Å². The standard InChI is InChI=1S/C69H128O6/c1-4-7-10-13-16-19-22-25-28-30-32-34-36-38-41-44-47-50-53-56-59-62-68(71)74-65-66(64-73-67(70)61-58-55-52-49-46-43-40-27-24-21-18-15-12-9-6-3)75-69(72)63-60-57-54-51-48-45-42-39-37-35-33-31-29-26-23-20-17-14-11-8-5-2/h18,21,27,30,32,40,66H,4-17,19-20,22-26,28-29,31,33-39,41-65H2,1-3H3/b21-18-,32-30-,40-27-. The summed E-state index contributed by atoms with van der Waals surface area (Å²) in [6.07, 6.45) is 78.7. The van der Waals surface area contributed by atoms with Gasteiger partial charge < -0.3 is 14.2 Å². The van der Waals surface area contributed by atoms with Crippen molar-refractivity contribution < 1.29 is 28.6 Å². The maximum absolute atomic E-state index is 12.9. The maximum Gasteiger partial charge on any atom is 0.306 e. The Labute approximate surface area is 467 Å². The third-order valence-corrected chi connectivity index (χ3v) is 15.1. The molecule has 0 aromatic rings. The molecule has 1 unspecified atom stereocenters. The second-order valence-electron chi connectivity index (χ2n) is 22.7. The van der Waals surface area contributed by atoms with Gasteiger partial charge in [0.05, 0.1) is 0 Å². The van der Waals surface area contributed by atoms with Gasteiger partial charge in [0.2, 0.25) is 0 Å². The molecular formula is C69H128O6. The first kappa shape index (κ1) is 72.6. The summed E-state index contributed by atoms with van der Waals surface area (Å²) in [4.78, 5) is 38.4. The van der Waals surface area contributed by atoms with E-state index in [0.717, 1.165) is 77.0 Å². The first-order chi connectivity index (χ1) is 37.0. The zero-order valence-corrected chi connectivity index (χ0v) is 50.6. The third-order valence-electron chi connectivity index (χ3n) is 15.1. The second-order valence-corrected chi connectivity index (χ2v) is 22.7. The largest absolute Gasteiger partial charge is 0.462 e. The van der Waals surface area contributed by atoms with Crippen LogP contribution in [0.2, 0.25) is 0 Å². The Bertz CT molecular complexity index is 1250. The van der Waals surface area contributed by atoms with Crippen LogP contribution in [0.15, 0.2) is 36.5 Å². The lowest BCUT2D eigenvalue weighted by Gasteiger charge is -2.18. The zero-order valence-electron chi connectivity index (χ0n) is 50.6. The van der Waals surface area contributed by atoms with Crippen molar-refractivity contribution in [1.82, 2.24) is 0 Å². The summed E-state index contributed by atoms with van der Waals surface area (Å²) in [7, 11) is 0. The highest BCUT2D eigenvalue weighted by atomic mass is 16.6. The van der Waals surface area contributed by atoms with Gasteiger partial charge in [-0.3, -0.25) is 14.4 Å². The Morgan fingerprint density at radius 1 is 0.267 bits per heavy atom. The minimum atomic E-state index is -0.777. The number of rotatable bonds is 62. The van der Waals surface area contributed by atoms with Crippen LogP contribution in [0.3, 0.4) is 0 Å². The molecule has 75 heavy (non-hydrogen) atoms. The smallest absolute Gasteiger partial charge is 0.306 e. The van der Waals surface area contributed by atoms with Crippen LogP contribution in [-0.4, -0.2) is 37.2 Å². The number of carbonyl (C=O) groups excluding carboxylic acids is 3. The van der Waals surface area contributed by atoms with E-state index in [1.54, 1.807) is 0 Å². The Morgan fingerprint density at radius 3 is 0.773 bits per heavy atom. The van der Waals surface area contributed by atoms with E-state index >= 15 is 0 Å². The fourth-order valence-electron chi connectivity index (χ4n) is 10.1. The molecule has 1 atom stereocenters. The summed E-state index contributed by atoms with van der Waals surface area (Å²) in [5.41, 5.74) is 0. The molecule has 0 aromatic heterocycles. The van der Waals surface area contributed by atoms with E-state index in [4.69, 9.17) is 14.2 Å². The molecule has 0 rings (SSSR count). The van der Waals surface area contributed by atoms with Gasteiger partial charge in [0.25, 0.3) is 0 Å². The normalized spacial score (nSPS) is 12.2. The van der Waals surface area contributed by atoms with Crippen molar-refractivity contribution in [2.45, 2.75) is 374 Å². The van der Waals surface area contributed by atoms with Gasteiger partial charge >= 0.3 is 17.9 Å². The van der Waals surface area contributed by atoms with Crippen LogP contribution in [0, 0.1) is 0 Å². The first-order valence-electron chi connectivity index (χ1n) is 33.5. The average Bonchev–Trinajstić information content (AvgIpc) is 3.41. The number of hydrogen-bond donors (Lipinski definition) is 0. The molecule has 0 saturated carbocycles. The van der Waals surface area contributed by atoms with Crippen LogP contribution in [0.1, 0.15) is 367 Å². The van der Waals surface area contributed by atoms with E-state index in [0.29, 0.717) is 19.3 Å². The fraction of sp³-hybridized carbons (Fsp3) is 0.870. The predicted octanol–water partition coefficient (Wildman–Crippen LogP) is 22.8. The van der Waals surface area contributed by atoms with Gasteiger partial charge in [-0.05, 0) is 77.0 Å². The Kier molecular flexibility index (Phi) is 62.1. The van der Waals surface area contributed by atoms with Crippen LogP contribution in [-0.2, 0) is 28.6 Å². The van der Waals surface area contributed by atoms with E-state index in [1.807, 2.05) is 0 Å². The van der Waals surface area contributed by atoms with Gasteiger partial charge in [-0.15, -0.1) is 0 Å². The van der Waals surface area contributed by atoms with E-state index in [2.05, 4.69) is 57.2 Å². The molecule has 0 heterocycles. The Balaban J connectivity index is 4.31. The number of allylic oxidation sites excluding steroid dienone is 6. The van der Waals surface area contributed by atoms with Crippen molar-refractivity contribution in [1.29, 1.82) is 0 Å². The summed E-state index contributed by atoms with van der Waals surface area (Å²) in [5.74, 6) is -0.863. The number of esters is 3. The summed E-state index contributed by atoms with van der Waals surface area (Å²) >= 11 is 0. The summed E-state index contributed by atoms with van der Waals surface area (Å²) in [5, 5.41) is 0. The molecule has 0 radical (unpaired) electrons. The Morgan fingerprint density at radius 2 is 0.480 bits per heavy atom. The molecule has 0 N–H and O–H groups in total. The molecule has 0 amide bonds. The molecule has 0 spiro atoms. The number of carbonyl (C=O) groups is 3. The quantitative estimate of drug-likeness (QED) is 0.0261. The van der Waals surface area contributed by atoms with Crippen molar-refractivity contribution in [3.8, 4) is 0 Å². The van der Waals surface area contributed by atoms with Gasteiger partial charge in [-0.2, -0.15) is 0 Å². The fourth-order valence-corrected chi connectivity index (χ4v) is 10.1. The predicted molar refractivity (Wildman–Crippen MR) is 326 cm³/mol. The van der Waals surface area contributed by atoms with E-state index in [9.17, 15) is 14.4 Å². The molecule has 0 saturated heterocycles. The molecule has 0 aromatic carbocycles. The molecular weight excluding hydrogens is 925 g/mol. The van der Waals surface area contributed by atoms with Gasteiger partial charge in [-0.1, -0.05) is 308 Å². The second kappa shape index (κ2) is 64.2. The van der Waals surface area contributed by atoms with E-state index < -0.39 is 6.10 Å². The lowest BCUT2D eigenvalue weighted by Crippen LogP contribution is -2.30. The van der Waals surface area contributed by atoms with Crippen LogP contribution in [0.5, 0.6) is 0 Å². The van der Waals surface area contributed by atoms with E-state index in [-0.39, 0.29) is 31.1 Å². The van der Waals surface area contributed by atoms with Gasteiger partial charge in [0, 0.05) is 19.3 Å². The van der Waals surface area contributed by atoms with Crippen LogP contribution in [0.4, 0.5) is 0 Å². The first-order valence-corrected chi connectivity index (χ1v) is 33.5. The SMILES string of the molecule is CCCCC/C=C\C/C=C\CCCCCCCC(=O)OCC(COC(=O)CCCCCCCCCCC/C=C\CCCCCCCCCC)OC(=O)CCCCCCCCCCCCCCCCCCCCCCC. The van der Waals surface area contributed by atoms with Gasteiger partial charge in [-0.25, -0.2) is 0 Å². The monoisotopic (exact) mass is 1050 g/mol. The lowest BCUT2D eigenvalue weighted by atomic mass is 10.0. The van der Waals surface area contributed by atoms with Gasteiger partial charge in [0.1, 0.15) is 13.2 Å². The number of unbranched alkanes of at least 4 members (excludes halogenated alkanes) is 45. The van der Waals surface area contributed by atoms with Crippen molar-refractivity contribution in [3.63, 3.8) is 0 Å². The highest BCUT2D eigenvalue weighted by Gasteiger charge is 2.19. The number of ether oxygens (including phenoxy) is 3. The Hall–Kier alpha value is -2.37. The van der Waals surface area contributed by atoms with Crippen molar-refractivity contribution in [3.05, 3.63) is 36.5 Å². The summed E-state index contributed by atoms with van der Waals surface area (Å²) in [6.45, 7) is 6.67. The van der Waals surface area contributed by atoms with Crippen molar-refractivity contribution >= 4 is 17.9 Å². The maximum atomic E-state index is 12.9.